The van der Waals surface area contributed by atoms with Gasteiger partial charge in [0.1, 0.15) is 0 Å². The molecule has 1 saturated heterocycles. The summed E-state index contributed by atoms with van der Waals surface area (Å²) >= 11 is 0. The Morgan fingerprint density at radius 1 is 1.09 bits per heavy atom. The molecule has 4 heteroatoms. The van der Waals surface area contributed by atoms with Gasteiger partial charge in [-0.15, -0.1) is 0 Å². The SMILES string of the molecule is CC[N+](C)(CC)CCC[C@@H](C)N1C(=O)[C@H]2CCCC[C@H]2C1=O. The number of carbonyl (C=O) groups excluding carboxylic acids is 2. The van der Waals surface area contributed by atoms with Gasteiger partial charge in [0.25, 0.3) is 0 Å². The molecule has 2 rings (SSSR count). The van der Waals surface area contributed by atoms with E-state index in [4.69, 9.17) is 0 Å². The second-order valence-corrected chi connectivity index (χ2v) is 7.51. The molecule has 2 fully saturated rings. The minimum absolute atomic E-state index is 0.00368. The molecule has 3 atom stereocenters. The Balaban J connectivity index is 1.91. The highest BCUT2D eigenvalue weighted by Gasteiger charge is 2.49. The standard InChI is InChI=1S/C18H33N2O2/c1-5-20(4,6-2)13-9-10-14(3)19-17(21)15-11-7-8-12-16(15)18(19)22/h14-16H,5-13H2,1-4H3/q+1/t14-,15-,16+/m1/s1. The number of imide groups is 1. The minimum atomic E-state index is -0.00368. The van der Waals surface area contributed by atoms with Crippen molar-refractivity contribution in [3.05, 3.63) is 0 Å². The van der Waals surface area contributed by atoms with E-state index in [9.17, 15) is 9.59 Å². The molecule has 0 aromatic rings. The van der Waals surface area contributed by atoms with E-state index in [1.165, 1.54) is 0 Å². The van der Waals surface area contributed by atoms with Crippen LogP contribution in [-0.2, 0) is 9.59 Å². The van der Waals surface area contributed by atoms with Crippen LogP contribution in [0, 0.1) is 11.8 Å². The lowest BCUT2D eigenvalue weighted by Gasteiger charge is -2.33. The molecule has 126 valence electrons. The third-order valence-electron chi connectivity index (χ3n) is 6.16. The summed E-state index contributed by atoms with van der Waals surface area (Å²) in [5, 5.41) is 0. The Labute approximate surface area is 135 Å². The van der Waals surface area contributed by atoms with Crippen LogP contribution in [0.15, 0.2) is 0 Å². The number of nitrogens with zero attached hydrogens (tertiary/aromatic N) is 2. The average Bonchev–Trinajstić information content (AvgIpc) is 2.79. The molecule has 0 unspecified atom stereocenters. The zero-order valence-corrected chi connectivity index (χ0v) is 14.8. The number of likely N-dealkylation sites (tertiary alicyclic amines) is 1. The van der Waals surface area contributed by atoms with Crippen LogP contribution in [0.4, 0.5) is 0 Å². The Kier molecular flexibility index (Phi) is 5.65. The molecule has 0 bridgehead atoms. The smallest absolute Gasteiger partial charge is 0.233 e. The van der Waals surface area contributed by atoms with E-state index in [2.05, 4.69) is 27.8 Å². The average molecular weight is 309 g/mol. The summed E-state index contributed by atoms with van der Waals surface area (Å²) < 4.78 is 1.07. The number of carbonyl (C=O) groups is 2. The Bertz CT molecular complexity index is 393. The van der Waals surface area contributed by atoms with E-state index in [0.717, 1.165) is 62.6 Å². The summed E-state index contributed by atoms with van der Waals surface area (Å²) in [5.41, 5.74) is 0. The fourth-order valence-corrected chi connectivity index (χ4v) is 4.06. The lowest BCUT2D eigenvalue weighted by atomic mass is 9.81. The van der Waals surface area contributed by atoms with E-state index >= 15 is 0 Å². The molecular formula is C18H33N2O2+. The third kappa shape index (κ3) is 3.37. The van der Waals surface area contributed by atoms with Gasteiger partial charge in [-0.3, -0.25) is 14.5 Å². The molecule has 0 N–H and O–H groups in total. The molecule has 0 aromatic carbocycles. The number of hydrogen-bond acceptors (Lipinski definition) is 2. The highest BCUT2D eigenvalue weighted by Crippen LogP contribution is 2.39. The third-order valence-corrected chi connectivity index (χ3v) is 6.16. The summed E-state index contributed by atoms with van der Waals surface area (Å²) in [6.45, 7) is 9.90. The number of hydrogen-bond donors (Lipinski definition) is 0. The molecule has 0 spiro atoms. The van der Waals surface area contributed by atoms with Gasteiger partial charge in [-0.25, -0.2) is 0 Å². The fourth-order valence-electron chi connectivity index (χ4n) is 4.06. The lowest BCUT2D eigenvalue weighted by Crippen LogP contribution is -2.45. The maximum Gasteiger partial charge on any atom is 0.233 e. The van der Waals surface area contributed by atoms with Crippen LogP contribution >= 0.6 is 0 Å². The second-order valence-electron chi connectivity index (χ2n) is 7.51. The van der Waals surface area contributed by atoms with Gasteiger partial charge < -0.3 is 4.48 Å². The van der Waals surface area contributed by atoms with Gasteiger partial charge in [0.15, 0.2) is 0 Å². The molecule has 2 aliphatic rings. The largest absolute Gasteiger partial charge is 0.327 e. The van der Waals surface area contributed by atoms with Crippen molar-refractivity contribution in [3.8, 4) is 0 Å². The zero-order chi connectivity index (χ0) is 16.3. The number of amides is 2. The molecule has 0 radical (unpaired) electrons. The first kappa shape index (κ1) is 17.5. The van der Waals surface area contributed by atoms with Gasteiger partial charge >= 0.3 is 0 Å². The second kappa shape index (κ2) is 7.12. The monoisotopic (exact) mass is 309 g/mol. The topological polar surface area (TPSA) is 37.4 Å². The van der Waals surface area contributed by atoms with Gasteiger partial charge in [-0.05, 0) is 46.5 Å². The minimum Gasteiger partial charge on any atom is -0.327 e. The van der Waals surface area contributed by atoms with Crippen molar-refractivity contribution in [1.82, 2.24) is 4.90 Å². The normalized spacial score (nSPS) is 27.2. The quantitative estimate of drug-likeness (QED) is 0.536. The van der Waals surface area contributed by atoms with Crippen LogP contribution < -0.4 is 0 Å². The van der Waals surface area contributed by atoms with Crippen LogP contribution in [0.25, 0.3) is 0 Å². The van der Waals surface area contributed by atoms with E-state index in [0.29, 0.717) is 0 Å². The first-order chi connectivity index (χ1) is 10.4. The summed E-state index contributed by atoms with van der Waals surface area (Å²) in [5.74, 6) is 0.225. The van der Waals surface area contributed by atoms with Crippen LogP contribution in [-0.4, -0.2) is 53.9 Å². The van der Waals surface area contributed by atoms with Crippen LogP contribution in [0.1, 0.15) is 59.3 Å². The van der Waals surface area contributed by atoms with Crippen molar-refractivity contribution < 1.29 is 14.1 Å². The van der Waals surface area contributed by atoms with Crippen molar-refractivity contribution in [2.24, 2.45) is 11.8 Å². The Morgan fingerprint density at radius 3 is 2.05 bits per heavy atom. The van der Waals surface area contributed by atoms with Gasteiger partial charge in [0.2, 0.25) is 11.8 Å². The molecule has 1 heterocycles. The maximum absolute atomic E-state index is 12.6. The van der Waals surface area contributed by atoms with Gasteiger partial charge in [0.05, 0.1) is 38.5 Å². The highest BCUT2D eigenvalue weighted by atomic mass is 16.2. The van der Waals surface area contributed by atoms with E-state index in [1.54, 1.807) is 4.90 Å². The lowest BCUT2D eigenvalue weighted by molar-refractivity contribution is -0.906. The maximum atomic E-state index is 12.6. The van der Waals surface area contributed by atoms with Crippen molar-refractivity contribution >= 4 is 11.8 Å². The predicted molar refractivity (Wildman–Crippen MR) is 88.1 cm³/mol. The predicted octanol–water partition coefficient (Wildman–Crippen LogP) is 2.82. The molecule has 2 amide bonds. The number of rotatable bonds is 7. The van der Waals surface area contributed by atoms with Crippen LogP contribution in [0.3, 0.4) is 0 Å². The highest BCUT2D eigenvalue weighted by molar-refractivity contribution is 6.05. The summed E-state index contributed by atoms with van der Waals surface area (Å²) in [6.07, 6.45) is 6.05. The van der Waals surface area contributed by atoms with E-state index < -0.39 is 0 Å². The Hall–Kier alpha value is -0.900. The first-order valence-electron chi connectivity index (χ1n) is 9.14. The molecule has 1 saturated carbocycles. The fraction of sp³-hybridized carbons (Fsp3) is 0.889. The summed E-state index contributed by atoms with van der Waals surface area (Å²) in [4.78, 5) is 26.7. The molecule has 1 aliphatic carbocycles. The van der Waals surface area contributed by atoms with Crippen molar-refractivity contribution in [3.63, 3.8) is 0 Å². The van der Waals surface area contributed by atoms with Crippen LogP contribution in [0.2, 0.25) is 0 Å². The number of quaternary nitrogens is 1. The van der Waals surface area contributed by atoms with Gasteiger partial charge in [-0.2, -0.15) is 0 Å². The van der Waals surface area contributed by atoms with E-state index in [1.807, 2.05) is 0 Å². The van der Waals surface area contributed by atoms with Gasteiger partial charge in [-0.1, -0.05) is 12.8 Å². The molecular weight excluding hydrogens is 276 g/mol. The molecule has 0 aromatic heterocycles. The molecule has 1 aliphatic heterocycles. The zero-order valence-electron chi connectivity index (χ0n) is 14.8. The molecule has 4 nitrogen and oxygen atoms in total. The Morgan fingerprint density at radius 2 is 1.59 bits per heavy atom. The van der Waals surface area contributed by atoms with Crippen LogP contribution in [0.5, 0.6) is 0 Å². The number of fused-ring (bicyclic) bond motifs is 1. The first-order valence-corrected chi connectivity index (χ1v) is 9.14. The molecule has 22 heavy (non-hydrogen) atoms. The van der Waals surface area contributed by atoms with Gasteiger partial charge in [0, 0.05) is 6.04 Å². The summed E-state index contributed by atoms with van der Waals surface area (Å²) in [6, 6.07) is 0.0627. The van der Waals surface area contributed by atoms with Crippen molar-refractivity contribution in [2.75, 3.05) is 26.7 Å². The summed E-state index contributed by atoms with van der Waals surface area (Å²) in [7, 11) is 2.28. The van der Waals surface area contributed by atoms with Crippen molar-refractivity contribution in [2.45, 2.75) is 65.3 Å². The van der Waals surface area contributed by atoms with E-state index in [-0.39, 0.29) is 29.7 Å². The van der Waals surface area contributed by atoms with Crippen molar-refractivity contribution in [1.29, 1.82) is 0 Å².